The van der Waals surface area contributed by atoms with Crippen LogP contribution in [0, 0.1) is 0 Å². The highest BCUT2D eigenvalue weighted by Crippen LogP contribution is 2.25. The minimum atomic E-state index is 0.379. The molecule has 0 spiro atoms. The Morgan fingerprint density at radius 2 is 2.33 bits per heavy atom. The predicted molar refractivity (Wildman–Crippen MR) is 59.0 cm³/mol. The second-order valence-electron chi connectivity index (χ2n) is 2.96. The van der Waals surface area contributed by atoms with Crippen molar-refractivity contribution in [1.29, 1.82) is 0 Å². The molecule has 0 aromatic carbocycles. The van der Waals surface area contributed by atoms with Crippen LogP contribution in [0.2, 0.25) is 0 Å². The molecule has 2 aromatic rings. The van der Waals surface area contributed by atoms with E-state index in [4.69, 9.17) is 10.3 Å². The third-order valence-electron chi connectivity index (χ3n) is 1.90. The zero-order chi connectivity index (χ0) is 10.8. The molecule has 0 saturated carbocycles. The summed E-state index contributed by atoms with van der Waals surface area (Å²) in [5.74, 6) is 1.44. The van der Waals surface area contributed by atoms with Gasteiger partial charge in [-0.05, 0) is 22.0 Å². The van der Waals surface area contributed by atoms with E-state index in [1.165, 1.54) is 0 Å². The Morgan fingerprint density at radius 1 is 1.53 bits per heavy atom. The van der Waals surface area contributed by atoms with Crippen LogP contribution < -0.4 is 5.73 Å². The second kappa shape index (κ2) is 3.98. The fraction of sp³-hybridized carbons (Fsp3) is 0.222. The van der Waals surface area contributed by atoms with Gasteiger partial charge >= 0.3 is 0 Å². The fourth-order valence-electron chi connectivity index (χ4n) is 1.13. The molecule has 15 heavy (non-hydrogen) atoms. The highest BCUT2D eigenvalue weighted by Gasteiger charge is 2.12. The van der Waals surface area contributed by atoms with Crippen LogP contribution >= 0.6 is 15.9 Å². The van der Waals surface area contributed by atoms with Gasteiger partial charge in [0.25, 0.3) is 5.89 Å². The van der Waals surface area contributed by atoms with Gasteiger partial charge in [0.2, 0.25) is 0 Å². The van der Waals surface area contributed by atoms with E-state index < -0.39 is 0 Å². The Morgan fingerprint density at radius 3 is 3.00 bits per heavy atom. The van der Waals surface area contributed by atoms with Crippen LogP contribution in [-0.4, -0.2) is 15.1 Å². The van der Waals surface area contributed by atoms with Gasteiger partial charge < -0.3 is 10.3 Å². The highest BCUT2D eigenvalue weighted by molar-refractivity contribution is 9.10. The van der Waals surface area contributed by atoms with Crippen molar-refractivity contribution in [2.75, 3.05) is 5.73 Å². The fourth-order valence-corrected chi connectivity index (χ4v) is 1.46. The summed E-state index contributed by atoms with van der Waals surface area (Å²) in [5, 5.41) is 3.80. The molecule has 2 aromatic heterocycles. The van der Waals surface area contributed by atoms with Gasteiger partial charge in [0.1, 0.15) is 5.82 Å². The van der Waals surface area contributed by atoms with Crippen LogP contribution in [0.4, 0.5) is 5.82 Å². The van der Waals surface area contributed by atoms with Crippen LogP contribution in [-0.2, 0) is 6.42 Å². The number of nitrogens with two attached hydrogens (primary N) is 1. The van der Waals surface area contributed by atoms with Crippen molar-refractivity contribution in [2.24, 2.45) is 0 Å². The monoisotopic (exact) mass is 268 g/mol. The number of aromatic nitrogens is 3. The molecule has 0 amide bonds. The average Bonchev–Trinajstić information content (AvgIpc) is 2.70. The van der Waals surface area contributed by atoms with E-state index in [-0.39, 0.29) is 0 Å². The summed E-state index contributed by atoms with van der Waals surface area (Å²) < 4.78 is 5.90. The van der Waals surface area contributed by atoms with Gasteiger partial charge in [0, 0.05) is 17.1 Å². The van der Waals surface area contributed by atoms with Gasteiger partial charge in [-0.25, -0.2) is 4.98 Å². The maximum Gasteiger partial charge on any atom is 0.261 e. The Bertz CT molecular complexity index is 483. The molecular formula is C9H9BrN4O. The molecule has 0 radical (unpaired) electrons. The molecule has 0 aliphatic carbocycles. The molecule has 78 valence electrons. The first-order chi connectivity index (χ1) is 7.20. The molecule has 6 heteroatoms. The van der Waals surface area contributed by atoms with E-state index in [1.54, 1.807) is 12.3 Å². The smallest absolute Gasteiger partial charge is 0.261 e. The molecule has 2 heterocycles. The Kier molecular flexibility index (Phi) is 2.68. The number of nitrogens with zero attached hydrogens (tertiary/aromatic N) is 3. The number of pyridine rings is 1. The number of hydrogen-bond acceptors (Lipinski definition) is 5. The Labute approximate surface area is 94.8 Å². The number of rotatable bonds is 2. The normalized spacial score (nSPS) is 10.5. The third kappa shape index (κ3) is 1.99. The van der Waals surface area contributed by atoms with Crippen molar-refractivity contribution < 1.29 is 4.52 Å². The molecule has 0 bridgehead atoms. The summed E-state index contributed by atoms with van der Waals surface area (Å²) in [6.07, 6.45) is 2.35. The van der Waals surface area contributed by atoms with E-state index >= 15 is 0 Å². The lowest BCUT2D eigenvalue weighted by Crippen LogP contribution is -1.94. The van der Waals surface area contributed by atoms with Crippen LogP contribution in [0.1, 0.15) is 12.7 Å². The van der Waals surface area contributed by atoms with Crippen LogP contribution in [0.3, 0.4) is 0 Å². The zero-order valence-corrected chi connectivity index (χ0v) is 9.65. The third-order valence-corrected chi connectivity index (χ3v) is 2.33. The molecule has 2 rings (SSSR count). The van der Waals surface area contributed by atoms with E-state index in [1.807, 2.05) is 6.92 Å². The molecule has 0 aliphatic heterocycles. The lowest BCUT2D eigenvalue weighted by Gasteiger charge is -1.99. The molecule has 0 atom stereocenters. The van der Waals surface area contributed by atoms with E-state index in [2.05, 4.69) is 31.1 Å². The van der Waals surface area contributed by atoms with Crippen molar-refractivity contribution in [3.63, 3.8) is 0 Å². The summed E-state index contributed by atoms with van der Waals surface area (Å²) in [5.41, 5.74) is 6.36. The lowest BCUT2D eigenvalue weighted by atomic mass is 10.2. The molecule has 0 saturated heterocycles. The maximum atomic E-state index is 5.71. The van der Waals surface area contributed by atoms with Crippen LogP contribution in [0.5, 0.6) is 0 Å². The summed E-state index contributed by atoms with van der Waals surface area (Å²) in [6, 6.07) is 1.80. The van der Waals surface area contributed by atoms with E-state index in [9.17, 15) is 0 Å². The van der Waals surface area contributed by atoms with E-state index in [0.717, 1.165) is 10.9 Å². The predicted octanol–water partition coefficient (Wildman–Crippen LogP) is 2.04. The van der Waals surface area contributed by atoms with Gasteiger partial charge in [-0.15, -0.1) is 0 Å². The number of aryl methyl sites for hydroxylation is 1. The van der Waals surface area contributed by atoms with Crippen LogP contribution in [0.25, 0.3) is 11.5 Å². The highest BCUT2D eigenvalue weighted by atomic mass is 79.9. The summed E-state index contributed by atoms with van der Waals surface area (Å²) >= 11 is 3.31. The lowest BCUT2D eigenvalue weighted by molar-refractivity contribution is 0.423. The van der Waals surface area contributed by atoms with Gasteiger partial charge in [-0.1, -0.05) is 12.1 Å². The number of halogens is 1. The Balaban J connectivity index is 2.48. The quantitative estimate of drug-likeness (QED) is 0.902. The minimum Gasteiger partial charge on any atom is -0.383 e. The first-order valence-corrected chi connectivity index (χ1v) is 5.24. The molecule has 2 N–H and O–H groups in total. The van der Waals surface area contributed by atoms with Crippen LogP contribution in [0.15, 0.2) is 21.3 Å². The molecule has 0 fully saturated rings. The van der Waals surface area contributed by atoms with Gasteiger partial charge in [-0.2, -0.15) is 4.98 Å². The number of nitrogen functional groups attached to an aromatic ring is 1. The van der Waals surface area contributed by atoms with Gasteiger partial charge in [0.05, 0.1) is 5.56 Å². The summed E-state index contributed by atoms with van der Waals surface area (Å²) in [7, 11) is 0. The molecular weight excluding hydrogens is 260 g/mol. The largest absolute Gasteiger partial charge is 0.383 e. The molecule has 0 aliphatic rings. The maximum absolute atomic E-state index is 5.71. The van der Waals surface area contributed by atoms with Crippen molar-refractivity contribution >= 4 is 21.7 Å². The summed E-state index contributed by atoms with van der Waals surface area (Å²) in [6.45, 7) is 1.96. The second-order valence-corrected chi connectivity index (χ2v) is 3.87. The van der Waals surface area contributed by atoms with Gasteiger partial charge in [-0.3, -0.25) is 0 Å². The average molecular weight is 269 g/mol. The standard InChI is InChI=1S/C9H9BrN4O/c1-2-7-13-9(15-14-7)6-3-5(10)4-12-8(6)11/h3-4H,2H2,1H3,(H2,11,12). The SMILES string of the molecule is CCc1noc(-c2cc(Br)cnc2N)n1. The van der Waals surface area contributed by atoms with Crippen molar-refractivity contribution in [1.82, 2.24) is 15.1 Å². The summed E-state index contributed by atoms with van der Waals surface area (Å²) in [4.78, 5) is 8.18. The molecule has 5 nitrogen and oxygen atoms in total. The minimum absolute atomic E-state index is 0.379. The van der Waals surface area contributed by atoms with Crippen molar-refractivity contribution in [2.45, 2.75) is 13.3 Å². The topological polar surface area (TPSA) is 77.8 Å². The number of anilines is 1. The number of hydrogen-bond donors (Lipinski definition) is 1. The van der Waals surface area contributed by atoms with E-state index in [0.29, 0.717) is 23.1 Å². The Hall–Kier alpha value is -1.43. The first-order valence-electron chi connectivity index (χ1n) is 4.44. The first kappa shape index (κ1) is 10.1. The molecule has 0 unspecified atom stereocenters. The van der Waals surface area contributed by atoms with Crippen molar-refractivity contribution in [3.8, 4) is 11.5 Å². The van der Waals surface area contributed by atoms with Gasteiger partial charge in [0.15, 0.2) is 5.82 Å². The van der Waals surface area contributed by atoms with Crippen molar-refractivity contribution in [3.05, 3.63) is 22.6 Å². The zero-order valence-electron chi connectivity index (χ0n) is 8.07.